The van der Waals surface area contributed by atoms with E-state index in [4.69, 9.17) is 4.98 Å². The lowest BCUT2D eigenvalue weighted by Crippen LogP contribution is -2.03. The summed E-state index contributed by atoms with van der Waals surface area (Å²) in [5.41, 5.74) is 2.29. The predicted octanol–water partition coefficient (Wildman–Crippen LogP) is 7.00. The van der Waals surface area contributed by atoms with Gasteiger partial charge in [-0.05, 0) is 37.1 Å². The summed E-state index contributed by atoms with van der Waals surface area (Å²) >= 11 is 1.49. The van der Waals surface area contributed by atoms with Crippen LogP contribution in [0, 0.1) is 0 Å². The van der Waals surface area contributed by atoms with Crippen molar-refractivity contribution in [1.82, 2.24) is 14.5 Å². The number of benzene rings is 1. The van der Waals surface area contributed by atoms with Crippen LogP contribution in [-0.2, 0) is 25.6 Å². The van der Waals surface area contributed by atoms with E-state index in [-0.39, 0.29) is 5.75 Å². The maximum Gasteiger partial charge on any atom is 0.416 e. The molecular formula is C25H24F3N3OS. The average Bonchev–Trinajstić information content (AvgIpc) is 3.36. The molecule has 0 atom stereocenters. The molecular weight excluding hydrogens is 447 g/mol. The molecule has 0 fully saturated rings. The van der Waals surface area contributed by atoms with Crippen LogP contribution in [0.2, 0.25) is 0 Å². The van der Waals surface area contributed by atoms with Crippen LogP contribution in [0.25, 0.3) is 21.6 Å². The van der Waals surface area contributed by atoms with Crippen molar-refractivity contribution in [3.63, 3.8) is 0 Å². The van der Waals surface area contributed by atoms with Crippen molar-refractivity contribution in [2.24, 2.45) is 0 Å². The van der Waals surface area contributed by atoms with E-state index in [9.17, 15) is 18.3 Å². The Labute approximate surface area is 194 Å². The molecule has 0 bridgehead atoms. The first-order valence-electron chi connectivity index (χ1n) is 10.7. The van der Waals surface area contributed by atoms with Gasteiger partial charge in [-0.2, -0.15) is 13.2 Å². The first kappa shape index (κ1) is 23.0. The number of nitrogens with zero attached hydrogens (tertiary/aromatic N) is 3. The predicted molar refractivity (Wildman–Crippen MR) is 126 cm³/mol. The zero-order valence-electron chi connectivity index (χ0n) is 18.2. The summed E-state index contributed by atoms with van der Waals surface area (Å²) in [5.74, 6) is 0.145. The second kappa shape index (κ2) is 9.39. The second-order valence-corrected chi connectivity index (χ2v) is 8.95. The summed E-state index contributed by atoms with van der Waals surface area (Å²) in [5, 5.41) is 11.7. The maximum atomic E-state index is 12.9. The van der Waals surface area contributed by atoms with Crippen molar-refractivity contribution in [3.05, 3.63) is 77.1 Å². The Balaban J connectivity index is 1.69. The quantitative estimate of drug-likeness (QED) is 0.281. The van der Waals surface area contributed by atoms with Crippen LogP contribution in [0.15, 0.2) is 55.3 Å². The normalized spacial score (nSPS) is 11.9. The standard InChI is InChI=1S/C25H24F3N3OS/c1-3-5-7-20-22(33-24(30-20)16-8-10-18(11-9-16)25(26,27)28)15-31-13-12-17-14-21(32)19(6-4-2)29-23(17)31/h4,8-14,32H,2-3,5-7,15H2,1H3. The van der Waals surface area contributed by atoms with Gasteiger partial charge in [-0.3, -0.25) is 0 Å². The van der Waals surface area contributed by atoms with E-state index in [1.807, 2.05) is 16.8 Å². The number of alkyl halides is 3. The number of aromatic nitrogens is 3. The average molecular weight is 472 g/mol. The van der Waals surface area contributed by atoms with Crippen molar-refractivity contribution in [2.45, 2.75) is 45.3 Å². The fourth-order valence-corrected chi connectivity index (χ4v) is 4.79. The van der Waals surface area contributed by atoms with Crippen molar-refractivity contribution >= 4 is 22.4 Å². The van der Waals surface area contributed by atoms with Gasteiger partial charge in [0.15, 0.2) is 0 Å². The third kappa shape index (κ3) is 4.95. The highest BCUT2D eigenvalue weighted by molar-refractivity contribution is 7.15. The Morgan fingerprint density at radius 1 is 1.12 bits per heavy atom. The second-order valence-electron chi connectivity index (χ2n) is 7.87. The lowest BCUT2D eigenvalue weighted by atomic mass is 10.1. The van der Waals surface area contributed by atoms with E-state index in [0.717, 1.165) is 53.0 Å². The van der Waals surface area contributed by atoms with Gasteiger partial charge in [0.25, 0.3) is 0 Å². The molecule has 8 heteroatoms. The van der Waals surface area contributed by atoms with Gasteiger partial charge in [-0.25, -0.2) is 9.97 Å². The minimum absolute atomic E-state index is 0.145. The van der Waals surface area contributed by atoms with E-state index < -0.39 is 11.7 Å². The van der Waals surface area contributed by atoms with E-state index in [0.29, 0.717) is 29.2 Å². The minimum Gasteiger partial charge on any atom is -0.506 e. The SMILES string of the molecule is C=CCc1nc2c(ccn2Cc2sc(-c3ccc(C(F)(F)F)cc3)nc2CCCC)cc1O. The highest BCUT2D eigenvalue weighted by Crippen LogP contribution is 2.34. The molecule has 0 amide bonds. The van der Waals surface area contributed by atoms with Crippen LogP contribution in [-0.4, -0.2) is 19.6 Å². The third-order valence-electron chi connectivity index (χ3n) is 5.45. The monoisotopic (exact) mass is 471 g/mol. The lowest BCUT2D eigenvalue weighted by Gasteiger charge is -2.07. The van der Waals surface area contributed by atoms with Crippen LogP contribution in [0.3, 0.4) is 0 Å². The van der Waals surface area contributed by atoms with Crippen LogP contribution in [0.1, 0.15) is 41.6 Å². The Hall–Kier alpha value is -3.13. The minimum atomic E-state index is -4.36. The number of rotatable bonds is 8. The molecule has 0 saturated heterocycles. The number of halogens is 3. The smallest absolute Gasteiger partial charge is 0.416 e. The largest absolute Gasteiger partial charge is 0.506 e. The number of aromatic hydroxyl groups is 1. The highest BCUT2D eigenvalue weighted by Gasteiger charge is 2.30. The van der Waals surface area contributed by atoms with E-state index in [1.165, 1.54) is 23.5 Å². The Kier molecular flexibility index (Phi) is 6.56. The molecule has 0 unspecified atom stereocenters. The topological polar surface area (TPSA) is 50.9 Å². The van der Waals surface area contributed by atoms with Gasteiger partial charge >= 0.3 is 6.18 Å². The molecule has 4 nitrogen and oxygen atoms in total. The summed E-state index contributed by atoms with van der Waals surface area (Å²) < 4.78 is 40.8. The third-order valence-corrected chi connectivity index (χ3v) is 6.58. The molecule has 0 spiro atoms. The van der Waals surface area contributed by atoms with Crippen molar-refractivity contribution in [3.8, 4) is 16.3 Å². The summed E-state index contributed by atoms with van der Waals surface area (Å²) in [7, 11) is 0. The Morgan fingerprint density at radius 2 is 1.88 bits per heavy atom. The highest BCUT2D eigenvalue weighted by atomic mass is 32.1. The Bertz CT molecular complexity index is 1270. The number of unbranched alkanes of at least 4 members (excludes halogenated alkanes) is 1. The molecule has 1 N–H and O–H groups in total. The first-order chi connectivity index (χ1) is 15.8. The van der Waals surface area contributed by atoms with Gasteiger partial charge in [0.2, 0.25) is 0 Å². The molecule has 0 saturated carbocycles. The maximum absolute atomic E-state index is 12.9. The molecule has 4 aromatic rings. The molecule has 1 aromatic carbocycles. The number of pyridine rings is 1. The lowest BCUT2D eigenvalue weighted by molar-refractivity contribution is -0.137. The number of aryl methyl sites for hydroxylation is 1. The number of thiazole rings is 1. The van der Waals surface area contributed by atoms with Gasteiger partial charge in [0.05, 0.1) is 23.5 Å². The van der Waals surface area contributed by atoms with Crippen molar-refractivity contribution < 1.29 is 18.3 Å². The number of allylic oxidation sites excluding steroid dienone is 1. The van der Waals surface area contributed by atoms with Gasteiger partial charge in [-0.15, -0.1) is 17.9 Å². The van der Waals surface area contributed by atoms with Gasteiger partial charge in [-0.1, -0.05) is 31.6 Å². The van der Waals surface area contributed by atoms with Crippen LogP contribution in [0.5, 0.6) is 5.75 Å². The number of hydrogen-bond donors (Lipinski definition) is 1. The molecule has 3 heterocycles. The molecule has 0 aliphatic carbocycles. The molecule has 3 aromatic heterocycles. The molecule has 4 rings (SSSR count). The molecule has 0 aliphatic heterocycles. The number of hydrogen-bond acceptors (Lipinski definition) is 4. The number of fused-ring (bicyclic) bond motifs is 1. The van der Waals surface area contributed by atoms with E-state index in [1.54, 1.807) is 12.1 Å². The van der Waals surface area contributed by atoms with Crippen molar-refractivity contribution in [2.75, 3.05) is 0 Å². The first-order valence-corrected chi connectivity index (χ1v) is 11.6. The zero-order chi connectivity index (χ0) is 23.6. The summed E-state index contributed by atoms with van der Waals surface area (Å²) in [6.07, 6.45) is 2.53. The van der Waals surface area contributed by atoms with Crippen molar-refractivity contribution in [1.29, 1.82) is 0 Å². The van der Waals surface area contributed by atoms with Gasteiger partial charge < -0.3 is 9.67 Å². The summed E-state index contributed by atoms with van der Waals surface area (Å²) in [4.78, 5) is 10.5. The van der Waals surface area contributed by atoms with E-state index >= 15 is 0 Å². The summed E-state index contributed by atoms with van der Waals surface area (Å²) in [6, 6.07) is 8.76. The molecule has 0 radical (unpaired) electrons. The van der Waals surface area contributed by atoms with Crippen LogP contribution in [0.4, 0.5) is 13.2 Å². The molecule has 172 valence electrons. The Morgan fingerprint density at radius 3 is 2.55 bits per heavy atom. The van der Waals surface area contributed by atoms with Crippen LogP contribution < -0.4 is 0 Å². The molecule has 0 aliphatic rings. The van der Waals surface area contributed by atoms with Gasteiger partial charge in [0, 0.05) is 28.4 Å². The van der Waals surface area contributed by atoms with Gasteiger partial charge in [0.1, 0.15) is 16.4 Å². The fraction of sp³-hybridized carbons (Fsp3) is 0.280. The summed E-state index contributed by atoms with van der Waals surface area (Å²) in [6.45, 7) is 6.38. The fourth-order valence-electron chi connectivity index (χ4n) is 3.68. The zero-order valence-corrected chi connectivity index (χ0v) is 19.0. The molecule has 33 heavy (non-hydrogen) atoms. The van der Waals surface area contributed by atoms with Crippen LogP contribution >= 0.6 is 11.3 Å². The van der Waals surface area contributed by atoms with E-state index in [2.05, 4.69) is 18.5 Å².